The van der Waals surface area contributed by atoms with Gasteiger partial charge in [0, 0.05) is 12.1 Å². The quantitative estimate of drug-likeness (QED) is 0.814. The van der Waals surface area contributed by atoms with Gasteiger partial charge in [-0.2, -0.15) is 0 Å². The molecule has 120 valence electrons. The van der Waals surface area contributed by atoms with Gasteiger partial charge in [-0.1, -0.05) is 37.8 Å². The van der Waals surface area contributed by atoms with Gasteiger partial charge >= 0.3 is 5.97 Å². The molecule has 0 spiro atoms. The van der Waals surface area contributed by atoms with E-state index in [9.17, 15) is 9.59 Å². The van der Waals surface area contributed by atoms with Gasteiger partial charge in [0.1, 0.15) is 0 Å². The minimum absolute atomic E-state index is 0.211. The molecule has 1 N–H and O–H groups in total. The van der Waals surface area contributed by atoms with Crippen LogP contribution in [0.5, 0.6) is 0 Å². The summed E-state index contributed by atoms with van der Waals surface area (Å²) in [4.78, 5) is 23.5. The maximum atomic E-state index is 11.9. The zero-order valence-corrected chi connectivity index (χ0v) is 13.5. The first-order valence-electron chi connectivity index (χ1n) is 8.08. The lowest BCUT2D eigenvalue weighted by molar-refractivity contribution is -0.147. The van der Waals surface area contributed by atoms with Crippen LogP contribution in [0.4, 0.5) is 5.69 Å². The molecule has 1 aromatic rings. The molecule has 0 aliphatic heterocycles. The lowest BCUT2D eigenvalue weighted by Crippen LogP contribution is -2.21. The third kappa shape index (κ3) is 4.86. The highest BCUT2D eigenvalue weighted by molar-refractivity contribution is 5.93. The number of carbonyl (C=O) groups excluding carboxylic acids is 2. The lowest BCUT2D eigenvalue weighted by Gasteiger charge is -2.11. The monoisotopic (exact) mass is 303 g/mol. The maximum absolute atomic E-state index is 11.9. The smallest absolute Gasteiger partial charge is 0.306 e. The SMILES string of the molecule is Cc1cccc(NC(=O)COC(=O)CCC2CCCC2)c1C. The fourth-order valence-electron chi connectivity index (χ4n) is 2.91. The third-order valence-corrected chi connectivity index (χ3v) is 4.47. The van der Waals surface area contributed by atoms with E-state index in [2.05, 4.69) is 5.32 Å². The largest absolute Gasteiger partial charge is 0.456 e. The molecule has 2 rings (SSSR count). The van der Waals surface area contributed by atoms with Crippen molar-refractivity contribution in [3.8, 4) is 0 Å². The highest BCUT2D eigenvalue weighted by Crippen LogP contribution is 2.28. The van der Waals surface area contributed by atoms with E-state index >= 15 is 0 Å². The Morgan fingerprint density at radius 1 is 1.23 bits per heavy atom. The van der Waals surface area contributed by atoms with E-state index in [1.54, 1.807) is 0 Å². The molecule has 4 heteroatoms. The van der Waals surface area contributed by atoms with Crippen molar-refractivity contribution in [1.82, 2.24) is 0 Å². The molecule has 0 atom stereocenters. The number of ether oxygens (including phenoxy) is 1. The molecular weight excluding hydrogens is 278 g/mol. The number of esters is 1. The van der Waals surface area contributed by atoms with E-state index < -0.39 is 0 Å². The molecule has 0 radical (unpaired) electrons. The fourth-order valence-corrected chi connectivity index (χ4v) is 2.91. The van der Waals surface area contributed by atoms with Gasteiger partial charge in [-0.3, -0.25) is 9.59 Å². The first kappa shape index (κ1) is 16.5. The number of hydrogen-bond acceptors (Lipinski definition) is 3. The van der Waals surface area contributed by atoms with Crippen molar-refractivity contribution in [3.05, 3.63) is 29.3 Å². The summed E-state index contributed by atoms with van der Waals surface area (Å²) in [6.07, 6.45) is 6.30. The molecule has 1 aliphatic rings. The summed E-state index contributed by atoms with van der Waals surface area (Å²) in [6, 6.07) is 5.74. The summed E-state index contributed by atoms with van der Waals surface area (Å²) in [5.74, 6) is 0.0993. The summed E-state index contributed by atoms with van der Waals surface area (Å²) in [6.45, 7) is 3.74. The molecule has 1 aliphatic carbocycles. The summed E-state index contributed by atoms with van der Waals surface area (Å²) >= 11 is 0. The molecule has 1 aromatic carbocycles. The standard InChI is InChI=1S/C18H25NO3/c1-13-6-5-9-16(14(13)2)19-17(20)12-22-18(21)11-10-15-7-3-4-8-15/h5-6,9,15H,3-4,7-8,10-12H2,1-2H3,(H,19,20). The van der Waals surface area contributed by atoms with E-state index in [4.69, 9.17) is 4.74 Å². The van der Waals surface area contributed by atoms with E-state index in [0.29, 0.717) is 12.3 Å². The van der Waals surface area contributed by atoms with E-state index in [1.165, 1.54) is 25.7 Å². The number of benzene rings is 1. The predicted molar refractivity (Wildman–Crippen MR) is 86.7 cm³/mol. The molecule has 1 fully saturated rings. The maximum Gasteiger partial charge on any atom is 0.306 e. The second-order valence-corrected chi connectivity index (χ2v) is 6.15. The summed E-state index contributed by atoms with van der Waals surface area (Å²) in [7, 11) is 0. The van der Waals surface area contributed by atoms with Crippen LogP contribution in [0.3, 0.4) is 0 Å². The molecule has 22 heavy (non-hydrogen) atoms. The zero-order chi connectivity index (χ0) is 15.9. The van der Waals surface area contributed by atoms with Crippen LogP contribution < -0.4 is 5.32 Å². The van der Waals surface area contributed by atoms with Gasteiger partial charge in [-0.05, 0) is 43.4 Å². The van der Waals surface area contributed by atoms with Crippen molar-refractivity contribution in [2.75, 3.05) is 11.9 Å². The summed E-state index contributed by atoms with van der Waals surface area (Å²) in [5, 5.41) is 2.79. The first-order chi connectivity index (χ1) is 10.6. The van der Waals surface area contributed by atoms with Gasteiger partial charge in [0.15, 0.2) is 6.61 Å². The van der Waals surface area contributed by atoms with Crippen LogP contribution in [-0.2, 0) is 14.3 Å². The van der Waals surface area contributed by atoms with Gasteiger partial charge in [-0.15, -0.1) is 0 Å². The Balaban J connectivity index is 1.70. The molecule has 4 nitrogen and oxygen atoms in total. The molecule has 0 saturated heterocycles. The van der Waals surface area contributed by atoms with E-state index in [-0.39, 0.29) is 18.5 Å². The Morgan fingerprint density at radius 2 is 1.95 bits per heavy atom. The van der Waals surface area contributed by atoms with E-state index in [1.807, 2.05) is 32.0 Å². The highest BCUT2D eigenvalue weighted by atomic mass is 16.5. The molecule has 0 bridgehead atoms. The van der Waals surface area contributed by atoms with Crippen LogP contribution >= 0.6 is 0 Å². The Bertz CT molecular complexity index is 533. The third-order valence-electron chi connectivity index (χ3n) is 4.47. The van der Waals surface area contributed by atoms with Crippen LogP contribution in [-0.4, -0.2) is 18.5 Å². The fraction of sp³-hybridized carbons (Fsp3) is 0.556. The Labute approximate surface area is 132 Å². The first-order valence-corrected chi connectivity index (χ1v) is 8.08. The number of aryl methyl sites for hydroxylation is 1. The molecule has 1 saturated carbocycles. The number of rotatable bonds is 6. The van der Waals surface area contributed by atoms with Crippen molar-refractivity contribution in [1.29, 1.82) is 0 Å². The number of anilines is 1. The molecule has 0 aromatic heterocycles. The second kappa shape index (κ2) is 7.97. The normalized spacial score (nSPS) is 14.8. The Hall–Kier alpha value is -1.84. The van der Waals surface area contributed by atoms with Crippen molar-refractivity contribution < 1.29 is 14.3 Å². The Morgan fingerprint density at radius 3 is 2.68 bits per heavy atom. The van der Waals surface area contributed by atoms with Crippen LogP contribution in [0, 0.1) is 19.8 Å². The van der Waals surface area contributed by atoms with Crippen molar-refractivity contribution >= 4 is 17.6 Å². The predicted octanol–water partition coefficient (Wildman–Crippen LogP) is 3.76. The minimum Gasteiger partial charge on any atom is -0.456 e. The zero-order valence-electron chi connectivity index (χ0n) is 13.5. The van der Waals surface area contributed by atoms with Crippen molar-refractivity contribution in [3.63, 3.8) is 0 Å². The van der Waals surface area contributed by atoms with Gasteiger partial charge in [0.05, 0.1) is 0 Å². The summed E-state index contributed by atoms with van der Waals surface area (Å²) in [5.41, 5.74) is 2.92. The minimum atomic E-state index is -0.289. The molecule has 0 heterocycles. The van der Waals surface area contributed by atoms with Crippen molar-refractivity contribution in [2.24, 2.45) is 5.92 Å². The van der Waals surface area contributed by atoms with Crippen molar-refractivity contribution in [2.45, 2.75) is 52.4 Å². The van der Waals surface area contributed by atoms with Gasteiger partial charge in [0.25, 0.3) is 5.91 Å². The second-order valence-electron chi connectivity index (χ2n) is 6.15. The van der Waals surface area contributed by atoms with Gasteiger partial charge in [0.2, 0.25) is 0 Å². The van der Waals surface area contributed by atoms with Crippen LogP contribution in [0.15, 0.2) is 18.2 Å². The lowest BCUT2D eigenvalue weighted by atomic mass is 10.0. The van der Waals surface area contributed by atoms with Crippen LogP contribution in [0.25, 0.3) is 0 Å². The van der Waals surface area contributed by atoms with Crippen LogP contribution in [0.2, 0.25) is 0 Å². The topological polar surface area (TPSA) is 55.4 Å². The van der Waals surface area contributed by atoms with Crippen LogP contribution in [0.1, 0.15) is 49.7 Å². The highest BCUT2D eigenvalue weighted by Gasteiger charge is 2.17. The summed E-state index contributed by atoms with van der Waals surface area (Å²) < 4.78 is 5.05. The average Bonchev–Trinajstić information content (AvgIpc) is 3.01. The number of carbonyl (C=O) groups is 2. The molecule has 0 unspecified atom stereocenters. The van der Waals surface area contributed by atoms with Gasteiger partial charge in [-0.25, -0.2) is 0 Å². The van der Waals surface area contributed by atoms with E-state index in [0.717, 1.165) is 23.2 Å². The average molecular weight is 303 g/mol. The molecular formula is C18H25NO3. The Kier molecular flexibility index (Phi) is 5.99. The number of nitrogens with one attached hydrogen (secondary N) is 1. The number of hydrogen-bond donors (Lipinski definition) is 1. The molecule has 1 amide bonds. The number of amides is 1. The van der Waals surface area contributed by atoms with Gasteiger partial charge < -0.3 is 10.1 Å².